The lowest BCUT2D eigenvalue weighted by atomic mass is 10.0. The Labute approximate surface area is 147 Å². The van der Waals surface area contributed by atoms with Gasteiger partial charge in [-0.3, -0.25) is 4.79 Å². The first-order valence-electron chi connectivity index (χ1n) is 8.65. The number of imide groups is 1. The van der Waals surface area contributed by atoms with Gasteiger partial charge >= 0.3 is 6.09 Å². The van der Waals surface area contributed by atoms with Crippen molar-refractivity contribution in [1.82, 2.24) is 14.9 Å². The largest absolute Gasteiger partial charge is 0.443 e. The summed E-state index contributed by atoms with van der Waals surface area (Å²) < 4.78 is 5.32. The number of anilines is 1. The number of hydrogen-bond acceptors (Lipinski definition) is 7. The van der Waals surface area contributed by atoms with E-state index in [1.165, 1.54) is 6.33 Å². The highest BCUT2D eigenvalue weighted by atomic mass is 16.6. The summed E-state index contributed by atoms with van der Waals surface area (Å²) >= 11 is 0. The van der Waals surface area contributed by atoms with Gasteiger partial charge in [0.15, 0.2) is 0 Å². The third-order valence-electron chi connectivity index (χ3n) is 4.33. The highest BCUT2D eigenvalue weighted by molar-refractivity contribution is 6.04. The molecule has 1 aromatic heterocycles. The van der Waals surface area contributed by atoms with Crippen molar-refractivity contribution in [3.63, 3.8) is 0 Å². The molecule has 0 radical (unpaired) electrons. The Morgan fingerprint density at radius 3 is 2.76 bits per heavy atom. The monoisotopic (exact) mass is 347 g/mol. The molecule has 0 saturated carbocycles. The quantitative estimate of drug-likeness (QED) is 0.818. The highest BCUT2D eigenvalue weighted by Crippen LogP contribution is 2.28. The van der Waals surface area contributed by atoms with E-state index in [0.717, 1.165) is 35.7 Å². The average molecular weight is 347 g/mol. The number of carbonyl (C=O) groups excluding carboxylic acids is 2. The van der Waals surface area contributed by atoms with E-state index in [0.29, 0.717) is 13.0 Å². The van der Waals surface area contributed by atoms with Crippen molar-refractivity contribution < 1.29 is 14.3 Å². The van der Waals surface area contributed by atoms with Gasteiger partial charge in [-0.1, -0.05) is 0 Å². The Balaban J connectivity index is 1.85. The summed E-state index contributed by atoms with van der Waals surface area (Å²) in [6.07, 6.45) is 3.25. The summed E-state index contributed by atoms with van der Waals surface area (Å²) in [6.45, 7) is 7.16. The van der Waals surface area contributed by atoms with Crippen LogP contribution < -0.4 is 10.6 Å². The number of aromatic nitrogens is 2. The third kappa shape index (κ3) is 3.73. The van der Waals surface area contributed by atoms with E-state index in [2.05, 4.69) is 14.9 Å². The van der Waals surface area contributed by atoms with Gasteiger partial charge < -0.3 is 15.4 Å². The molecule has 1 saturated heterocycles. The lowest BCUT2D eigenvalue weighted by molar-refractivity contribution is 0.0231. The van der Waals surface area contributed by atoms with Gasteiger partial charge in [-0.25, -0.2) is 19.7 Å². The van der Waals surface area contributed by atoms with Gasteiger partial charge in [0.25, 0.3) is 5.91 Å². The molecule has 0 unspecified atom stereocenters. The van der Waals surface area contributed by atoms with E-state index in [1.807, 2.05) is 0 Å². The van der Waals surface area contributed by atoms with Crippen molar-refractivity contribution in [3.8, 4) is 0 Å². The zero-order chi connectivity index (χ0) is 18.2. The first-order chi connectivity index (χ1) is 11.8. The maximum Gasteiger partial charge on any atom is 0.417 e. The van der Waals surface area contributed by atoms with E-state index < -0.39 is 17.6 Å². The molecule has 1 fully saturated rings. The van der Waals surface area contributed by atoms with Crippen molar-refractivity contribution in [2.24, 2.45) is 5.73 Å². The number of hydrogen-bond donors (Lipinski definition) is 1. The Kier molecular flexibility index (Phi) is 4.64. The fourth-order valence-corrected chi connectivity index (χ4v) is 3.24. The third-order valence-corrected chi connectivity index (χ3v) is 4.33. The van der Waals surface area contributed by atoms with Crippen molar-refractivity contribution in [1.29, 1.82) is 0 Å². The topological polar surface area (TPSA) is 102 Å². The lowest BCUT2D eigenvalue weighted by Crippen LogP contribution is -2.47. The van der Waals surface area contributed by atoms with E-state index in [-0.39, 0.29) is 18.3 Å². The number of rotatable bonds is 1. The Hall–Kier alpha value is -2.22. The van der Waals surface area contributed by atoms with Gasteiger partial charge in [0.2, 0.25) is 0 Å². The molecule has 2 N–H and O–H groups in total. The highest BCUT2D eigenvalue weighted by Gasteiger charge is 2.36. The summed E-state index contributed by atoms with van der Waals surface area (Å²) in [5.41, 5.74) is 6.48. The maximum atomic E-state index is 12.7. The van der Waals surface area contributed by atoms with Crippen LogP contribution in [0.2, 0.25) is 0 Å². The average Bonchev–Trinajstić information content (AvgIpc) is 2.53. The summed E-state index contributed by atoms with van der Waals surface area (Å²) in [6, 6.07) is 0.108. The molecule has 0 aliphatic carbocycles. The molecule has 0 spiro atoms. The molecule has 1 atom stereocenters. The zero-order valence-electron chi connectivity index (χ0n) is 15.0. The molecule has 3 heterocycles. The van der Waals surface area contributed by atoms with Crippen LogP contribution in [0.4, 0.5) is 10.6 Å². The normalized spacial score (nSPS) is 21.1. The van der Waals surface area contributed by atoms with Gasteiger partial charge in [-0.15, -0.1) is 0 Å². The van der Waals surface area contributed by atoms with Gasteiger partial charge in [-0.05, 0) is 40.0 Å². The molecule has 8 heteroatoms. The number of carbonyl (C=O) groups is 2. The number of amides is 2. The molecule has 0 aromatic carbocycles. The molecular weight excluding hydrogens is 322 g/mol. The van der Waals surface area contributed by atoms with Crippen LogP contribution in [0.3, 0.4) is 0 Å². The molecule has 2 aliphatic rings. The van der Waals surface area contributed by atoms with E-state index in [9.17, 15) is 9.59 Å². The molecule has 8 nitrogen and oxygen atoms in total. The summed E-state index contributed by atoms with van der Waals surface area (Å²) in [5.74, 6) is 0.331. The molecule has 2 amide bonds. The second-order valence-electron chi connectivity index (χ2n) is 7.56. The molecule has 0 bridgehead atoms. The Morgan fingerprint density at radius 2 is 2.08 bits per heavy atom. The standard InChI is InChI=1S/C17H25N5O3/c1-17(2,3)25-16(24)22-8-6-12-13(15(22)23)19-10-20-14(12)21-7-4-5-11(18)9-21/h10-11H,4-9,18H2,1-3H3/t11-/m1/s1. The second-order valence-corrected chi connectivity index (χ2v) is 7.56. The fourth-order valence-electron chi connectivity index (χ4n) is 3.24. The molecule has 25 heavy (non-hydrogen) atoms. The van der Waals surface area contributed by atoms with Gasteiger partial charge in [0, 0.05) is 31.2 Å². The number of piperidine rings is 1. The van der Waals surface area contributed by atoms with Crippen LogP contribution in [-0.4, -0.2) is 58.1 Å². The first kappa shape index (κ1) is 17.6. The van der Waals surface area contributed by atoms with E-state index >= 15 is 0 Å². The number of fused-ring (bicyclic) bond motifs is 1. The molecule has 2 aliphatic heterocycles. The number of nitrogens with zero attached hydrogens (tertiary/aromatic N) is 4. The van der Waals surface area contributed by atoms with Crippen molar-refractivity contribution >= 4 is 17.8 Å². The fraction of sp³-hybridized carbons (Fsp3) is 0.647. The lowest BCUT2D eigenvalue weighted by Gasteiger charge is -2.35. The predicted molar refractivity (Wildman–Crippen MR) is 92.4 cm³/mol. The van der Waals surface area contributed by atoms with Crippen molar-refractivity contribution in [2.75, 3.05) is 24.5 Å². The first-order valence-corrected chi connectivity index (χ1v) is 8.65. The van der Waals surface area contributed by atoms with Crippen molar-refractivity contribution in [2.45, 2.75) is 51.7 Å². The summed E-state index contributed by atoms with van der Waals surface area (Å²) in [4.78, 5) is 36.8. The minimum atomic E-state index is -0.654. The zero-order valence-corrected chi connectivity index (χ0v) is 15.0. The summed E-state index contributed by atoms with van der Waals surface area (Å²) in [7, 11) is 0. The maximum absolute atomic E-state index is 12.7. The second kappa shape index (κ2) is 6.59. The number of nitrogens with two attached hydrogens (primary N) is 1. The molecule has 136 valence electrons. The van der Waals surface area contributed by atoms with Gasteiger partial charge in [-0.2, -0.15) is 0 Å². The molecular formula is C17H25N5O3. The van der Waals surface area contributed by atoms with Crippen molar-refractivity contribution in [3.05, 3.63) is 17.6 Å². The van der Waals surface area contributed by atoms with Crippen LogP contribution in [0.25, 0.3) is 0 Å². The minimum Gasteiger partial charge on any atom is -0.443 e. The summed E-state index contributed by atoms with van der Waals surface area (Å²) in [5, 5.41) is 0. The Morgan fingerprint density at radius 1 is 1.32 bits per heavy atom. The Bertz CT molecular complexity index is 685. The van der Waals surface area contributed by atoms with Crippen LogP contribution in [0.5, 0.6) is 0 Å². The smallest absolute Gasteiger partial charge is 0.417 e. The van der Waals surface area contributed by atoms with Crippen LogP contribution >= 0.6 is 0 Å². The van der Waals surface area contributed by atoms with Crippen LogP contribution in [0.15, 0.2) is 6.33 Å². The molecule has 3 rings (SSSR count). The van der Waals surface area contributed by atoms with Gasteiger partial charge in [0.05, 0.1) is 0 Å². The predicted octanol–water partition coefficient (Wildman–Crippen LogP) is 1.34. The number of ether oxygens (including phenoxy) is 1. The molecule has 1 aromatic rings. The van der Waals surface area contributed by atoms with Gasteiger partial charge in [0.1, 0.15) is 23.4 Å². The van der Waals surface area contributed by atoms with E-state index in [1.54, 1.807) is 20.8 Å². The van der Waals surface area contributed by atoms with Crippen LogP contribution in [-0.2, 0) is 11.2 Å². The van der Waals surface area contributed by atoms with Crippen LogP contribution in [0, 0.1) is 0 Å². The van der Waals surface area contributed by atoms with Crippen LogP contribution in [0.1, 0.15) is 49.7 Å². The SMILES string of the molecule is CC(C)(C)OC(=O)N1CCc2c(ncnc2N2CCC[C@@H](N)C2)C1=O. The minimum absolute atomic E-state index is 0.108. The van der Waals surface area contributed by atoms with E-state index in [4.69, 9.17) is 10.5 Å².